The van der Waals surface area contributed by atoms with Gasteiger partial charge in [0.05, 0.1) is 18.1 Å². The number of aliphatic hydroxyl groups is 1. The van der Waals surface area contributed by atoms with Crippen LogP contribution >= 0.6 is 0 Å². The Kier molecular flexibility index (Phi) is 3.03. The molecule has 0 aromatic heterocycles. The summed E-state index contributed by atoms with van der Waals surface area (Å²) in [6.45, 7) is 1.53. The van der Waals surface area contributed by atoms with Gasteiger partial charge < -0.3 is 9.84 Å². The Morgan fingerprint density at radius 2 is 2.21 bits per heavy atom. The second kappa shape index (κ2) is 4.06. The number of hydrogen-bond donors (Lipinski definition) is 1. The topological polar surface area (TPSA) is 72.6 Å². The van der Waals surface area contributed by atoms with Crippen LogP contribution in [0.25, 0.3) is 0 Å². The fraction of sp³-hybridized carbons (Fsp3) is 0.333. The van der Waals surface area contributed by atoms with E-state index in [9.17, 15) is 15.2 Å². The zero-order valence-electron chi connectivity index (χ0n) is 7.93. The lowest BCUT2D eigenvalue weighted by atomic mass is 10.1. The van der Waals surface area contributed by atoms with Crippen LogP contribution in [0.2, 0.25) is 0 Å². The van der Waals surface area contributed by atoms with Gasteiger partial charge in [0, 0.05) is 17.7 Å². The van der Waals surface area contributed by atoms with E-state index < -0.39 is 11.0 Å². The molecule has 0 fully saturated rings. The van der Waals surface area contributed by atoms with Crippen molar-refractivity contribution in [3.63, 3.8) is 0 Å². The number of ether oxygens (including phenoxy) is 1. The van der Waals surface area contributed by atoms with Gasteiger partial charge in [-0.25, -0.2) is 0 Å². The second-order valence-corrected chi connectivity index (χ2v) is 2.86. The van der Waals surface area contributed by atoms with E-state index in [1.807, 2.05) is 0 Å². The summed E-state index contributed by atoms with van der Waals surface area (Å²) in [4.78, 5) is 9.95. The smallest absolute Gasteiger partial charge is 0.270 e. The molecular formula is C9H11NO4. The number of aliphatic hydroxyl groups excluding tert-OH is 1. The highest BCUT2D eigenvalue weighted by atomic mass is 16.6. The third-order valence-electron chi connectivity index (χ3n) is 1.87. The minimum absolute atomic E-state index is 0.0540. The third-order valence-corrected chi connectivity index (χ3v) is 1.87. The van der Waals surface area contributed by atoms with Gasteiger partial charge >= 0.3 is 0 Å². The Hall–Kier alpha value is -1.62. The molecule has 1 aromatic rings. The Balaban J connectivity index is 3.20. The summed E-state index contributed by atoms with van der Waals surface area (Å²) in [7, 11) is 1.45. The highest BCUT2D eigenvalue weighted by molar-refractivity contribution is 5.44. The molecule has 0 spiro atoms. The lowest BCUT2D eigenvalue weighted by molar-refractivity contribution is -0.385. The highest BCUT2D eigenvalue weighted by Gasteiger charge is 2.14. The van der Waals surface area contributed by atoms with Crippen LogP contribution in [-0.4, -0.2) is 17.1 Å². The van der Waals surface area contributed by atoms with E-state index in [0.29, 0.717) is 11.3 Å². The summed E-state index contributed by atoms with van der Waals surface area (Å²) in [6, 6.07) is 4.12. The summed E-state index contributed by atoms with van der Waals surface area (Å²) in [5.74, 6) is 0.450. The minimum Gasteiger partial charge on any atom is -0.496 e. The number of nitrogens with zero attached hydrogens (tertiary/aromatic N) is 1. The van der Waals surface area contributed by atoms with Crippen LogP contribution in [0.4, 0.5) is 5.69 Å². The van der Waals surface area contributed by atoms with Crippen LogP contribution in [0.1, 0.15) is 18.6 Å². The molecule has 5 nitrogen and oxygen atoms in total. The Morgan fingerprint density at radius 1 is 1.57 bits per heavy atom. The summed E-state index contributed by atoms with van der Waals surface area (Å²) < 4.78 is 4.96. The molecule has 1 rings (SSSR count). The van der Waals surface area contributed by atoms with Crippen molar-refractivity contribution in [1.29, 1.82) is 0 Å². The fourth-order valence-electron chi connectivity index (χ4n) is 1.16. The zero-order valence-corrected chi connectivity index (χ0v) is 7.93. The first kappa shape index (κ1) is 10.5. The maximum atomic E-state index is 10.5. The van der Waals surface area contributed by atoms with E-state index in [2.05, 4.69) is 0 Å². The van der Waals surface area contributed by atoms with Crippen molar-refractivity contribution in [3.8, 4) is 5.75 Å². The number of rotatable bonds is 3. The first-order valence-electron chi connectivity index (χ1n) is 4.06. The van der Waals surface area contributed by atoms with Gasteiger partial charge in [0.1, 0.15) is 5.75 Å². The molecule has 0 aliphatic rings. The van der Waals surface area contributed by atoms with Crippen molar-refractivity contribution in [2.24, 2.45) is 0 Å². The van der Waals surface area contributed by atoms with Crippen molar-refractivity contribution in [3.05, 3.63) is 33.9 Å². The van der Waals surface area contributed by atoms with E-state index in [4.69, 9.17) is 4.74 Å². The summed E-state index contributed by atoms with van der Waals surface area (Å²) in [6.07, 6.45) is -0.787. The van der Waals surface area contributed by atoms with Crippen LogP contribution < -0.4 is 4.74 Å². The van der Waals surface area contributed by atoms with E-state index in [0.717, 1.165) is 0 Å². The van der Waals surface area contributed by atoms with Crippen molar-refractivity contribution >= 4 is 5.69 Å². The Labute approximate surface area is 81.1 Å². The van der Waals surface area contributed by atoms with Crippen LogP contribution in [0.15, 0.2) is 18.2 Å². The summed E-state index contributed by atoms with van der Waals surface area (Å²) >= 11 is 0. The molecule has 0 heterocycles. The van der Waals surface area contributed by atoms with Crippen molar-refractivity contribution in [2.45, 2.75) is 13.0 Å². The maximum Gasteiger partial charge on any atom is 0.270 e. The zero-order chi connectivity index (χ0) is 10.7. The SMILES string of the molecule is COc1ccc([N+](=O)[O-])cc1[C@H](C)O. The highest BCUT2D eigenvalue weighted by Crippen LogP contribution is 2.28. The molecular weight excluding hydrogens is 186 g/mol. The van der Waals surface area contributed by atoms with E-state index in [1.54, 1.807) is 0 Å². The molecule has 0 aliphatic heterocycles. The quantitative estimate of drug-likeness (QED) is 0.590. The van der Waals surface area contributed by atoms with Gasteiger partial charge in [-0.15, -0.1) is 0 Å². The Morgan fingerprint density at radius 3 is 2.64 bits per heavy atom. The summed E-state index contributed by atoms with van der Waals surface area (Å²) in [5.41, 5.74) is 0.364. The first-order valence-corrected chi connectivity index (χ1v) is 4.06. The minimum atomic E-state index is -0.787. The van der Waals surface area contributed by atoms with Gasteiger partial charge in [0.15, 0.2) is 0 Å². The fourth-order valence-corrected chi connectivity index (χ4v) is 1.16. The van der Waals surface area contributed by atoms with E-state index in [1.165, 1.54) is 32.2 Å². The average Bonchev–Trinajstić information content (AvgIpc) is 2.16. The van der Waals surface area contributed by atoms with Gasteiger partial charge in [-0.05, 0) is 13.0 Å². The molecule has 0 radical (unpaired) electrons. The summed E-state index contributed by atoms with van der Waals surface area (Å²) in [5, 5.41) is 19.8. The van der Waals surface area contributed by atoms with E-state index in [-0.39, 0.29) is 5.69 Å². The third kappa shape index (κ3) is 2.00. The Bertz CT molecular complexity index is 349. The molecule has 76 valence electrons. The van der Waals surface area contributed by atoms with E-state index >= 15 is 0 Å². The van der Waals surface area contributed by atoms with Gasteiger partial charge in [0.2, 0.25) is 0 Å². The predicted octanol–water partition coefficient (Wildman–Crippen LogP) is 1.66. The molecule has 1 atom stereocenters. The lowest BCUT2D eigenvalue weighted by Gasteiger charge is -2.09. The molecule has 0 bridgehead atoms. The van der Waals surface area contributed by atoms with Crippen LogP contribution in [-0.2, 0) is 0 Å². The molecule has 0 saturated heterocycles. The number of nitro groups is 1. The van der Waals surface area contributed by atoms with Crippen LogP contribution in [0, 0.1) is 10.1 Å². The molecule has 1 N–H and O–H groups in total. The van der Waals surface area contributed by atoms with Crippen molar-refractivity contribution < 1.29 is 14.8 Å². The maximum absolute atomic E-state index is 10.5. The monoisotopic (exact) mass is 197 g/mol. The largest absolute Gasteiger partial charge is 0.496 e. The number of hydrogen-bond acceptors (Lipinski definition) is 4. The van der Waals surface area contributed by atoms with Crippen molar-refractivity contribution in [1.82, 2.24) is 0 Å². The number of methoxy groups -OCH3 is 1. The number of benzene rings is 1. The second-order valence-electron chi connectivity index (χ2n) is 2.86. The molecule has 1 aromatic carbocycles. The standard InChI is InChI=1S/C9H11NO4/c1-6(11)8-5-7(10(12)13)3-4-9(8)14-2/h3-6,11H,1-2H3/t6-/m0/s1. The number of non-ortho nitro benzene ring substituents is 1. The molecule has 0 aliphatic carbocycles. The normalized spacial score (nSPS) is 12.2. The molecule has 0 saturated carbocycles. The van der Waals surface area contributed by atoms with Crippen LogP contribution in [0.5, 0.6) is 5.75 Å². The molecule has 0 amide bonds. The number of nitro benzene ring substituents is 1. The van der Waals surface area contributed by atoms with Gasteiger partial charge in [-0.1, -0.05) is 0 Å². The molecule has 5 heteroatoms. The first-order chi connectivity index (χ1) is 6.56. The lowest BCUT2D eigenvalue weighted by Crippen LogP contribution is -1.98. The van der Waals surface area contributed by atoms with Gasteiger partial charge in [-0.3, -0.25) is 10.1 Å². The van der Waals surface area contributed by atoms with Crippen LogP contribution in [0.3, 0.4) is 0 Å². The van der Waals surface area contributed by atoms with Crippen molar-refractivity contribution in [2.75, 3.05) is 7.11 Å². The van der Waals surface area contributed by atoms with Gasteiger partial charge in [-0.2, -0.15) is 0 Å². The molecule has 14 heavy (non-hydrogen) atoms. The predicted molar refractivity (Wildman–Crippen MR) is 50.3 cm³/mol. The van der Waals surface area contributed by atoms with Gasteiger partial charge in [0.25, 0.3) is 5.69 Å². The molecule has 0 unspecified atom stereocenters. The average molecular weight is 197 g/mol.